The van der Waals surface area contributed by atoms with Crippen LogP contribution in [-0.2, 0) is 4.79 Å². The van der Waals surface area contributed by atoms with Crippen molar-refractivity contribution in [1.82, 2.24) is 14.7 Å². The molecule has 1 aromatic rings. The van der Waals surface area contributed by atoms with Crippen LogP contribution in [0.2, 0.25) is 0 Å². The lowest BCUT2D eigenvalue weighted by Crippen LogP contribution is -2.50. The summed E-state index contributed by atoms with van der Waals surface area (Å²) in [6, 6.07) is 5.15. The lowest BCUT2D eigenvalue weighted by atomic mass is 10.1. The molecular formula is C18H27N3O4. The molecule has 0 bridgehead atoms. The summed E-state index contributed by atoms with van der Waals surface area (Å²) in [6.45, 7) is 2.94. The monoisotopic (exact) mass is 349 g/mol. The summed E-state index contributed by atoms with van der Waals surface area (Å²) in [4.78, 5) is 30.5. The molecule has 2 rings (SSSR count). The highest BCUT2D eigenvalue weighted by molar-refractivity contribution is 5.95. The molecule has 1 aliphatic heterocycles. The average molecular weight is 349 g/mol. The Kier molecular flexibility index (Phi) is 6.64. The highest BCUT2D eigenvalue weighted by Gasteiger charge is 2.25. The molecule has 1 aromatic carbocycles. The second-order valence-corrected chi connectivity index (χ2v) is 6.33. The number of hydrogen-bond acceptors (Lipinski definition) is 5. The Labute approximate surface area is 149 Å². The maximum Gasteiger partial charge on any atom is 0.254 e. The molecule has 2 amide bonds. The Morgan fingerprint density at radius 3 is 1.96 bits per heavy atom. The molecule has 0 spiro atoms. The van der Waals surface area contributed by atoms with Crippen LogP contribution in [0.3, 0.4) is 0 Å². The number of carbonyl (C=O) groups excluding carboxylic acids is 2. The van der Waals surface area contributed by atoms with Crippen LogP contribution in [-0.4, -0.2) is 87.6 Å². The summed E-state index contributed by atoms with van der Waals surface area (Å²) in [5.74, 6) is 1.24. The number of ether oxygens (including phenoxy) is 2. The summed E-state index contributed by atoms with van der Waals surface area (Å²) >= 11 is 0. The van der Waals surface area contributed by atoms with Crippen LogP contribution in [0.15, 0.2) is 18.2 Å². The van der Waals surface area contributed by atoms with E-state index in [1.54, 1.807) is 37.3 Å². The minimum atomic E-state index is -0.0717. The third-order valence-electron chi connectivity index (χ3n) is 4.29. The molecule has 1 heterocycles. The minimum absolute atomic E-state index is 0.0717. The number of rotatable bonds is 6. The molecule has 7 heteroatoms. The van der Waals surface area contributed by atoms with E-state index in [2.05, 4.69) is 0 Å². The van der Waals surface area contributed by atoms with Gasteiger partial charge in [0, 0.05) is 50.8 Å². The third-order valence-corrected chi connectivity index (χ3v) is 4.29. The van der Waals surface area contributed by atoms with Crippen LogP contribution < -0.4 is 9.47 Å². The molecule has 25 heavy (non-hydrogen) atoms. The molecule has 0 unspecified atom stereocenters. The molecule has 0 aromatic heterocycles. The molecule has 0 aliphatic carbocycles. The van der Waals surface area contributed by atoms with Gasteiger partial charge in [-0.05, 0) is 26.2 Å². The van der Waals surface area contributed by atoms with Gasteiger partial charge in [0.1, 0.15) is 11.5 Å². The van der Waals surface area contributed by atoms with E-state index >= 15 is 0 Å². The Morgan fingerprint density at radius 2 is 1.48 bits per heavy atom. The molecule has 0 N–H and O–H groups in total. The van der Waals surface area contributed by atoms with E-state index in [1.807, 2.05) is 23.9 Å². The van der Waals surface area contributed by atoms with E-state index in [-0.39, 0.29) is 11.8 Å². The summed E-state index contributed by atoms with van der Waals surface area (Å²) in [5, 5.41) is 0. The van der Waals surface area contributed by atoms with Crippen molar-refractivity contribution >= 4 is 11.8 Å². The van der Waals surface area contributed by atoms with Gasteiger partial charge in [0.15, 0.2) is 0 Å². The normalized spacial score (nSPS) is 14.6. The van der Waals surface area contributed by atoms with Crippen molar-refractivity contribution in [2.45, 2.75) is 6.42 Å². The number of nitrogens with zero attached hydrogens (tertiary/aromatic N) is 3. The largest absolute Gasteiger partial charge is 0.497 e. The van der Waals surface area contributed by atoms with Crippen molar-refractivity contribution in [3.05, 3.63) is 23.8 Å². The summed E-state index contributed by atoms with van der Waals surface area (Å²) in [5.41, 5.74) is 0.531. The highest BCUT2D eigenvalue weighted by Crippen LogP contribution is 2.23. The van der Waals surface area contributed by atoms with E-state index in [4.69, 9.17) is 9.47 Å². The predicted octanol–water partition coefficient (Wildman–Crippen LogP) is 0.940. The van der Waals surface area contributed by atoms with Gasteiger partial charge in [-0.25, -0.2) is 0 Å². The minimum Gasteiger partial charge on any atom is -0.497 e. The van der Waals surface area contributed by atoms with Gasteiger partial charge in [-0.2, -0.15) is 0 Å². The lowest BCUT2D eigenvalue weighted by Gasteiger charge is -2.35. The number of methoxy groups -OCH3 is 2. The van der Waals surface area contributed by atoms with Gasteiger partial charge in [-0.15, -0.1) is 0 Å². The van der Waals surface area contributed by atoms with Gasteiger partial charge >= 0.3 is 0 Å². The van der Waals surface area contributed by atoms with E-state index in [9.17, 15) is 9.59 Å². The van der Waals surface area contributed by atoms with Gasteiger partial charge in [0.05, 0.1) is 14.2 Å². The van der Waals surface area contributed by atoms with Crippen LogP contribution in [0.25, 0.3) is 0 Å². The van der Waals surface area contributed by atoms with Crippen molar-refractivity contribution < 1.29 is 19.1 Å². The van der Waals surface area contributed by atoms with Crippen molar-refractivity contribution in [3.63, 3.8) is 0 Å². The fraction of sp³-hybridized carbons (Fsp3) is 0.556. The summed E-state index contributed by atoms with van der Waals surface area (Å²) < 4.78 is 10.4. The second-order valence-electron chi connectivity index (χ2n) is 6.33. The third kappa shape index (κ3) is 5.09. The first kappa shape index (κ1) is 19.1. The Bertz CT molecular complexity index is 588. The Balaban J connectivity index is 1.96. The number of hydrogen-bond donors (Lipinski definition) is 0. The fourth-order valence-corrected chi connectivity index (χ4v) is 2.75. The SMILES string of the molecule is COc1cc(OC)cc(C(=O)N2CCN(C(=O)CCN(C)C)CC2)c1. The molecule has 0 saturated carbocycles. The van der Waals surface area contributed by atoms with Crippen molar-refractivity contribution in [2.24, 2.45) is 0 Å². The number of piperazine rings is 1. The number of carbonyl (C=O) groups is 2. The van der Waals surface area contributed by atoms with Gasteiger partial charge in [-0.3, -0.25) is 9.59 Å². The van der Waals surface area contributed by atoms with Crippen LogP contribution in [0, 0.1) is 0 Å². The highest BCUT2D eigenvalue weighted by atomic mass is 16.5. The average Bonchev–Trinajstić information content (AvgIpc) is 2.65. The molecule has 0 atom stereocenters. The Morgan fingerprint density at radius 1 is 0.960 bits per heavy atom. The first-order chi connectivity index (χ1) is 11.9. The first-order valence-corrected chi connectivity index (χ1v) is 8.39. The van der Waals surface area contributed by atoms with E-state index in [1.165, 1.54) is 0 Å². The molecular weight excluding hydrogens is 322 g/mol. The second kappa shape index (κ2) is 8.71. The van der Waals surface area contributed by atoms with Crippen LogP contribution in [0.1, 0.15) is 16.8 Å². The Hall–Kier alpha value is -2.28. The summed E-state index contributed by atoms with van der Waals surface area (Å²) in [7, 11) is 7.01. The number of benzene rings is 1. The molecule has 0 radical (unpaired) electrons. The van der Waals surface area contributed by atoms with E-state index in [0.29, 0.717) is 49.7 Å². The smallest absolute Gasteiger partial charge is 0.254 e. The lowest BCUT2D eigenvalue weighted by molar-refractivity contribution is -0.132. The maximum atomic E-state index is 12.7. The quantitative estimate of drug-likeness (QED) is 0.765. The zero-order chi connectivity index (χ0) is 18.4. The van der Waals surface area contributed by atoms with Crippen molar-refractivity contribution in [3.8, 4) is 11.5 Å². The number of amides is 2. The predicted molar refractivity (Wildman–Crippen MR) is 95.2 cm³/mol. The molecule has 7 nitrogen and oxygen atoms in total. The van der Waals surface area contributed by atoms with Crippen molar-refractivity contribution in [1.29, 1.82) is 0 Å². The zero-order valence-electron chi connectivity index (χ0n) is 15.4. The molecule has 138 valence electrons. The van der Waals surface area contributed by atoms with Crippen LogP contribution in [0.5, 0.6) is 11.5 Å². The molecule has 1 aliphatic rings. The van der Waals surface area contributed by atoms with E-state index in [0.717, 1.165) is 6.54 Å². The van der Waals surface area contributed by atoms with Crippen LogP contribution >= 0.6 is 0 Å². The fourth-order valence-electron chi connectivity index (χ4n) is 2.75. The zero-order valence-corrected chi connectivity index (χ0v) is 15.4. The van der Waals surface area contributed by atoms with E-state index < -0.39 is 0 Å². The van der Waals surface area contributed by atoms with Crippen molar-refractivity contribution in [2.75, 3.05) is 61.0 Å². The summed E-state index contributed by atoms with van der Waals surface area (Å²) in [6.07, 6.45) is 0.508. The topological polar surface area (TPSA) is 62.3 Å². The van der Waals surface area contributed by atoms with Gasteiger partial charge in [-0.1, -0.05) is 0 Å². The standard InChI is InChI=1S/C18H27N3O4/c1-19(2)6-5-17(22)20-7-9-21(10-8-20)18(23)14-11-15(24-3)13-16(12-14)25-4/h11-13H,5-10H2,1-4H3. The first-order valence-electron chi connectivity index (χ1n) is 8.39. The van der Waals surface area contributed by atoms with Crippen LogP contribution in [0.4, 0.5) is 0 Å². The van der Waals surface area contributed by atoms with Gasteiger partial charge in [0.25, 0.3) is 5.91 Å². The van der Waals surface area contributed by atoms with Gasteiger partial charge in [0.2, 0.25) is 5.91 Å². The molecule has 1 fully saturated rings. The van der Waals surface area contributed by atoms with Gasteiger partial charge < -0.3 is 24.2 Å². The molecule has 1 saturated heterocycles. The maximum absolute atomic E-state index is 12.7.